The zero-order valence-electron chi connectivity index (χ0n) is 14.9. The molecule has 1 heterocycles. The van der Waals surface area contributed by atoms with Gasteiger partial charge in [-0.2, -0.15) is 5.26 Å². The summed E-state index contributed by atoms with van der Waals surface area (Å²) in [6.07, 6.45) is 3.63. The Morgan fingerprint density at radius 2 is 2.04 bits per heavy atom. The Hall–Kier alpha value is -2.58. The molecule has 0 fully saturated rings. The Balaban J connectivity index is 2.56. The second kappa shape index (κ2) is 8.68. The number of ketones is 1. The highest BCUT2D eigenvalue weighted by Gasteiger charge is 2.24. The molecule has 0 spiro atoms. The van der Waals surface area contributed by atoms with Crippen LogP contribution in [0.5, 0.6) is 5.88 Å². The van der Waals surface area contributed by atoms with Crippen LogP contribution >= 0.6 is 11.6 Å². The number of benzene rings is 1. The molecule has 0 saturated carbocycles. The lowest BCUT2D eigenvalue weighted by Crippen LogP contribution is -2.27. The van der Waals surface area contributed by atoms with E-state index < -0.39 is 17.2 Å². The van der Waals surface area contributed by atoms with Gasteiger partial charge in [0, 0.05) is 17.1 Å². The van der Waals surface area contributed by atoms with Crippen LogP contribution in [0.25, 0.3) is 0 Å². The van der Waals surface area contributed by atoms with E-state index in [9.17, 15) is 20.0 Å². The highest BCUT2D eigenvalue weighted by atomic mass is 35.5. The normalized spacial score (nSPS) is 10.5. The quantitative estimate of drug-likeness (QED) is 0.583. The topological polar surface area (TPSA) is 83.1 Å². The Bertz CT molecular complexity index is 926. The number of pyridine rings is 1. The van der Waals surface area contributed by atoms with E-state index in [1.54, 1.807) is 18.2 Å². The van der Waals surface area contributed by atoms with Crippen LogP contribution in [-0.2, 0) is 6.54 Å². The molecule has 0 atom stereocenters. The Kier molecular flexibility index (Phi) is 6.59. The fraction of sp³-hybridized carbons (Fsp3) is 0.350. The van der Waals surface area contributed by atoms with Gasteiger partial charge in [0.15, 0.2) is 5.78 Å². The Morgan fingerprint density at radius 1 is 1.31 bits per heavy atom. The van der Waals surface area contributed by atoms with Crippen LogP contribution in [-0.4, -0.2) is 15.5 Å². The first kappa shape index (κ1) is 19.7. The van der Waals surface area contributed by atoms with Crippen molar-refractivity contribution in [1.29, 1.82) is 5.26 Å². The van der Waals surface area contributed by atoms with Gasteiger partial charge in [-0.3, -0.25) is 14.2 Å². The molecule has 0 saturated heterocycles. The third-order valence-electron chi connectivity index (χ3n) is 4.35. The standard InChI is InChI=1S/C20H21ClN2O3/c1-3-4-5-6-10-23-19(25)16(12-22)13(2)17(20(23)26)18(24)14-8-7-9-15(21)11-14/h7-9,11,26H,3-6,10H2,1-2H3. The summed E-state index contributed by atoms with van der Waals surface area (Å²) >= 11 is 5.95. The lowest BCUT2D eigenvalue weighted by molar-refractivity contribution is 0.103. The molecule has 136 valence electrons. The molecule has 1 N–H and O–H groups in total. The van der Waals surface area contributed by atoms with Crippen LogP contribution in [0.3, 0.4) is 0 Å². The lowest BCUT2D eigenvalue weighted by Gasteiger charge is -2.15. The van der Waals surface area contributed by atoms with Gasteiger partial charge in [-0.1, -0.05) is 49.9 Å². The first-order valence-electron chi connectivity index (χ1n) is 8.59. The van der Waals surface area contributed by atoms with Crippen molar-refractivity contribution in [2.45, 2.75) is 46.1 Å². The second-order valence-corrected chi connectivity index (χ2v) is 6.60. The third kappa shape index (κ3) is 3.97. The zero-order valence-corrected chi connectivity index (χ0v) is 15.6. The van der Waals surface area contributed by atoms with Gasteiger partial charge in [-0.15, -0.1) is 0 Å². The van der Waals surface area contributed by atoms with Crippen molar-refractivity contribution in [2.24, 2.45) is 0 Å². The minimum absolute atomic E-state index is 0.0288. The molecule has 1 aromatic heterocycles. The van der Waals surface area contributed by atoms with Crippen molar-refractivity contribution in [1.82, 2.24) is 4.57 Å². The van der Waals surface area contributed by atoms with Gasteiger partial charge < -0.3 is 5.11 Å². The summed E-state index contributed by atoms with van der Waals surface area (Å²) < 4.78 is 1.12. The number of unbranched alkanes of at least 4 members (excludes halogenated alkanes) is 3. The monoisotopic (exact) mass is 372 g/mol. The van der Waals surface area contributed by atoms with E-state index in [1.165, 1.54) is 13.0 Å². The van der Waals surface area contributed by atoms with Gasteiger partial charge in [0.25, 0.3) is 5.56 Å². The molecule has 6 heteroatoms. The van der Waals surface area contributed by atoms with Crippen molar-refractivity contribution in [3.8, 4) is 11.9 Å². The molecule has 0 radical (unpaired) electrons. The SMILES string of the molecule is CCCCCCn1c(O)c(C(=O)c2cccc(Cl)c2)c(C)c(C#N)c1=O. The number of rotatable bonds is 7. The van der Waals surface area contributed by atoms with E-state index in [-0.39, 0.29) is 28.8 Å². The zero-order chi connectivity index (χ0) is 19.3. The maximum absolute atomic E-state index is 12.9. The third-order valence-corrected chi connectivity index (χ3v) is 4.58. The number of nitrogens with zero attached hydrogens (tertiary/aromatic N) is 2. The van der Waals surface area contributed by atoms with E-state index in [4.69, 9.17) is 11.6 Å². The van der Waals surface area contributed by atoms with Crippen LogP contribution in [0.1, 0.15) is 59.7 Å². The number of aromatic hydroxyl groups is 1. The molecule has 2 rings (SSSR count). The predicted octanol–water partition coefficient (Wildman–Crippen LogP) is 4.20. The van der Waals surface area contributed by atoms with Gasteiger partial charge in [0.05, 0.1) is 5.56 Å². The fourth-order valence-corrected chi connectivity index (χ4v) is 3.09. The van der Waals surface area contributed by atoms with E-state index in [2.05, 4.69) is 6.92 Å². The first-order chi connectivity index (χ1) is 12.4. The highest BCUT2D eigenvalue weighted by molar-refractivity contribution is 6.31. The summed E-state index contributed by atoms with van der Waals surface area (Å²) in [5.41, 5.74) is -0.245. The maximum atomic E-state index is 12.9. The molecule has 0 aliphatic carbocycles. The van der Waals surface area contributed by atoms with Gasteiger partial charge in [0.2, 0.25) is 5.88 Å². The fourth-order valence-electron chi connectivity index (χ4n) is 2.90. The van der Waals surface area contributed by atoms with Gasteiger partial charge >= 0.3 is 0 Å². The summed E-state index contributed by atoms with van der Waals surface area (Å²) in [4.78, 5) is 25.4. The second-order valence-electron chi connectivity index (χ2n) is 6.17. The van der Waals surface area contributed by atoms with Gasteiger partial charge in [0.1, 0.15) is 11.6 Å². The average Bonchev–Trinajstić information content (AvgIpc) is 2.61. The van der Waals surface area contributed by atoms with Crippen LogP contribution in [0.4, 0.5) is 0 Å². The van der Waals surface area contributed by atoms with Crippen molar-refractivity contribution in [2.75, 3.05) is 0 Å². The van der Waals surface area contributed by atoms with E-state index >= 15 is 0 Å². The maximum Gasteiger partial charge on any atom is 0.271 e. The summed E-state index contributed by atoms with van der Waals surface area (Å²) in [5, 5.41) is 20.4. The minimum atomic E-state index is -0.568. The molecule has 2 aromatic rings. The highest BCUT2D eigenvalue weighted by Crippen LogP contribution is 2.26. The summed E-state index contributed by atoms with van der Waals surface area (Å²) in [6.45, 7) is 3.83. The number of carbonyl (C=O) groups is 1. The molecule has 5 nitrogen and oxygen atoms in total. The van der Waals surface area contributed by atoms with Crippen LogP contribution < -0.4 is 5.56 Å². The molecule has 0 bridgehead atoms. The van der Waals surface area contributed by atoms with Crippen molar-refractivity contribution >= 4 is 17.4 Å². The summed E-state index contributed by atoms with van der Waals surface area (Å²) in [7, 11) is 0. The molecule has 0 amide bonds. The first-order valence-corrected chi connectivity index (χ1v) is 8.96. The van der Waals surface area contributed by atoms with Crippen LogP contribution in [0.15, 0.2) is 29.1 Å². The molecule has 0 unspecified atom stereocenters. The predicted molar refractivity (Wildman–Crippen MR) is 101 cm³/mol. The Labute approximate surface area is 157 Å². The largest absolute Gasteiger partial charge is 0.494 e. The molecular weight excluding hydrogens is 352 g/mol. The van der Waals surface area contributed by atoms with Crippen molar-refractivity contribution in [3.63, 3.8) is 0 Å². The minimum Gasteiger partial charge on any atom is -0.494 e. The number of carbonyl (C=O) groups excluding carboxylic acids is 1. The molecule has 1 aromatic carbocycles. The number of hydrogen-bond acceptors (Lipinski definition) is 4. The van der Waals surface area contributed by atoms with Crippen LogP contribution in [0, 0.1) is 18.3 Å². The summed E-state index contributed by atoms with van der Waals surface area (Å²) in [5.74, 6) is -0.866. The molecule has 0 aliphatic rings. The number of aromatic nitrogens is 1. The Morgan fingerprint density at radius 3 is 2.65 bits per heavy atom. The molecule has 0 aliphatic heterocycles. The van der Waals surface area contributed by atoms with E-state index in [1.807, 2.05) is 6.07 Å². The van der Waals surface area contributed by atoms with Gasteiger partial charge in [-0.25, -0.2) is 0 Å². The van der Waals surface area contributed by atoms with E-state index in [0.717, 1.165) is 23.8 Å². The van der Waals surface area contributed by atoms with E-state index in [0.29, 0.717) is 11.4 Å². The van der Waals surface area contributed by atoms with Crippen molar-refractivity contribution < 1.29 is 9.90 Å². The van der Waals surface area contributed by atoms with Crippen LogP contribution in [0.2, 0.25) is 5.02 Å². The van der Waals surface area contributed by atoms with Crippen molar-refractivity contribution in [3.05, 3.63) is 61.9 Å². The average molecular weight is 373 g/mol. The molecular formula is C20H21ClN2O3. The number of halogens is 1. The molecule has 26 heavy (non-hydrogen) atoms. The number of hydrogen-bond donors (Lipinski definition) is 1. The van der Waals surface area contributed by atoms with Gasteiger partial charge in [-0.05, 0) is 31.0 Å². The smallest absolute Gasteiger partial charge is 0.271 e. The summed E-state index contributed by atoms with van der Waals surface area (Å²) in [6, 6.07) is 8.21. The lowest BCUT2D eigenvalue weighted by atomic mass is 9.97. The number of nitriles is 1.